The third kappa shape index (κ3) is 3.38. The normalized spacial score (nSPS) is 13.9. The molecule has 1 aliphatic rings. The average molecular weight is 483 g/mol. The van der Waals surface area contributed by atoms with E-state index in [1.165, 1.54) is 12.1 Å². The van der Waals surface area contributed by atoms with Crippen LogP contribution in [0, 0.1) is 0 Å². The highest BCUT2D eigenvalue weighted by Gasteiger charge is 2.55. The Bertz CT molecular complexity index is 1540. The molecule has 0 saturated heterocycles. The van der Waals surface area contributed by atoms with Crippen molar-refractivity contribution in [3.8, 4) is 33.8 Å². The summed E-state index contributed by atoms with van der Waals surface area (Å²) in [5, 5.41) is 21.4. The van der Waals surface area contributed by atoms with E-state index in [9.17, 15) is 19.8 Å². The number of hydrogen-bond acceptors (Lipinski definition) is 4. The summed E-state index contributed by atoms with van der Waals surface area (Å²) in [6.45, 7) is 0. The Balaban J connectivity index is 1.65. The van der Waals surface area contributed by atoms with Crippen LogP contribution in [-0.4, -0.2) is 21.8 Å². The molecule has 5 aromatic rings. The number of carbonyl (C=O) groups excluding carboxylic acids is 2. The van der Waals surface area contributed by atoms with Gasteiger partial charge in [0.2, 0.25) is 0 Å². The zero-order valence-electron chi connectivity index (χ0n) is 19.8. The van der Waals surface area contributed by atoms with Gasteiger partial charge in [-0.05, 0) is 46.5 Å². The molecule has 1 aliphatic carbocycles. The van der Waals surface area contributed by atoms with Crippen LogP contribution in [0.5, 0.6) is 11.5 Å². The second kappa shape index (κ2) is 8.61. The minimum Gasteiger partial charge on any atom is -0.507 e. The smallest absolute Gasteiger partial charge is 0.186 e. The third-order valence-electron chi connectivity index (χ3n) is 7.13. The largest absolute Gasteiger partial charge is 0.507 e. The zero-order chi connectivity index (χ0) is 25.6. The SMILES string of the molecule is O=C1c2ccccc2C(=O)C1(c1ccc(O)c(-c2ccccc2)c1)c1ccc(O)c(-c2ccccc2)c1. The molecule has 5 aromatic carbocycles. The predicted molar refractivity (Wildman–Crippen MR) is 143 cm³/mol. The minimum atomic E-state index is -1.67. The number of fused-ring (bicyclic) bond motifs is 1. The summed E-state index contributed by atoms with van der Waals surface area (Å²) in [4.78, 5) is 28.5. The molecule has 0 saturated carbocycles. The van der Waals surface area contributed by atoms with E-state index in [1.54, 1.807) is 48.5 Å². The number of benzene rings is 5. The highest BCUT2D eigenvalue weighted by atomic mass is 16.3. The molecular formula is C33H22O4. The molecule has 0 spiro atoms. The summed E-state index contributed by atoms with van der Waals surface area (Å²) >= 11 is 0. The van der Waals surface area contributed by atoms with Crippen molar-refractivity contribution in [2.24, 2.45) is 0 Å². The van der Waals surface area contributed by atoms with Gasteiger partial charge in [-0.3, -0.25) is 9.59 Å². The van der Waals surface area contributed by atoms with Crippen LogP contribution in [0.2, 0.25) is 0 Å². The van der Waals surface area contributed by atoms with Gasteiger partial charge in [0.15, 0.2) is 11.6 Å². The number of aromatic hydroxyl groups is 2. The number of phenols is 2. The molecule has 0 unspecified atom stereocenters. The van der Waals surface area contributed by atoms with Crippen LogP contribution in [0.3, 0.4) is 0 Å². The second-order valence-corrected chi connectivity index (χ2v) is 9.15. The molecule has 6 rings (SSSR count). The predicted octanol–water partition coefficient (Wildman–Crippen LogP) is 6.80. The van der Waals surface area contributed by atoms with Crippen LogP contribution in [0.1, 0.15) is 31.8 Å². The molecule has 0 bridgehead atoms. The lowest BCUT2D eigenvalue weighted by atomic mass is 9.69. The van der Waals surface area contributed by atoms with Gasteiger partial charge in [-0.1, -0.05) is 97.1 Å². The highest BCUT2D eigenvalue weighted by molar-refractivity contribution is 6.35. The van der Waals surface area contributed by atoms with Crippen molar-refractivity contribution in [2.45, 2.75) is 5.41 Å². The van der Waals surface area contributed by atoms with Crippen molar-refractivity contribution in [2.75, 3.05) is 0 Å². The van der Waals surface area contributed by atoms with Crippen LogP contribution in [0.15, 0.2) is 121 Å². The quantitative estimate of drug-likeness (QED) is 0.276. The molecule has 0 fully saturated rings. The summed E-state index contributed by atoms with van der Waals surface area (Å²) in [5.41, 5.74) is 2.55. The van der Waals surface area contributed by atoms with Gasteiger partial charge in [-0.15, -0.1) is 0 Å². The second-order valence-electron chi connectivity index (χ2n) is 9.15. The first-order valence-corrected chi connectivity index (χ1v) is 12.0. The van der Waals surface area contributed by atoms with E-state index >= 15 is 0 Å². The number of rotatable bonds is 4. The summed E-state index contributed by atoms with van der Waals surface area (Å²) in [7, 11) is 0. The Labute approximate surface area is 214 Å². The van der Waals surface area contributed by atoms with Gasteiger partial charge in [-0.25, -0.2) is 0 Å². The van der Waals surface area contributed by atoms with E-state index in [0.29, 0.717) is 33.4 Å². The van der Waals surface area contributed by atoms with Gasteiger partial charge in [0.1, 0.15) is 16.9 Å². The monoisotopic (exact) mass is 482 g/mol. The molecule has 178 valence electrons. The Hall–Kier alpha value is -4.96. The topological polar surface area (TPSA) is 74.6 Å². The standard InChI is InChI=1S/C33H22O4/c34-29-17-15-23(19-27(29)21-9-3-1-4-10-21)33(31(36)25-13-7-8-14-26(25)32(33)37)24-16-18-30(35)28(20-24)22-11-5-2-6-12-22/h1-20,34-35H. The number of phenolic OH excluding ortho intramolecular Hbond substituents is 2. The summed E-state index contributed by atoms with van der Waals surface area (Å²) in [5.74, 6) is -0.558. The van der Waals surface area contributed by atoms with E-state index in [2.05, 4.69) is 0 Å². The Morgan fingerprint density at radius 2 is 0.811 bits per heavy atom. The number of Topliss-reactive ketones (excluding diaryl/α,β-unsaturated/α-hetero) is 2. The number of carbonyl (C=O) groups is 2. The number of hydrogen-bond donors (Lipinski definition) is 2. The summed E-state index contributed by atoms with van der Waals surface area (Å²) in [6.07, 6.45) is 0. The van der Waals surface area contributed by atoms with Gasteiger partial charge in [0, 0.05) is 22.3 Å². The molecule has 0 aliphatic heterocycles. The fourth-order valence-electron chi connectivity index (χ4n) is 5.31. The third-order valence-corrected chi connectivity index (χ3v) is 7.13. The van der Waals surface area contributed by atoms with Crippen LogP contribution in [0.25, 0.3) is 22.3 Å². The fourth-order valence-corrected chi connectivity index (χ4v) is 5.31. The number of ketones is 2. The van der Waals surface area contributed by atoms with Gasteiger partial charge in [0.05, 0.1) is 0 Å². The van der Waals surface area contributed by atoms with Crippen molar-refractivity contribution in [1.29, 1.82) is 0 Å². The summed E-state index contributed by atoms with van der Waals surface area (Å²) in [6, 6.07) is 35.3. The van der Waals surface area contributed by atoms with Gasteiger partial charge in [-0.2, -0.15) is 0 Å². The first kappa shape index (κ1) is 22.5. The lowest BCUT2D eigenvalue weighted by Crippen LogP contribution is -2.39. The molecule has 0 atom stereocenters. The van der Waals surface area contributed by atoms with Crippen molar-refractivity contribution < 1.29 is 19.8 Å². The molecule has 37 heavy (non-hydrogen) atoms. The lowest BCUT2D eigenvalue weighted by Gasteiger charge is -2.29. The van der Waals surface area contributed by atoms with E-state index < -0.39 is 5.41 Å². The Morgan fingerprint density at radius 1 is 0.432 bits per heavy atom. The highest BCUT2D eigenvalue weighted by Crippen LogP contribution is 2.48. The van der Waals surface area contributed by atoms with Crippen LogP contribution >= 0.6 is 0 Å². The molecule has 4 heteroatoms. The van der Waals surface area contributed by atoms with E-state index in [0.717, 1.165) is 11.1 Å². The van der Waals surface area contributed by atoms with E-state index in [4.69, 9.17) is 0 Å². The summed E-state index contributed by atoms with van der Waals surface area (Å²) < 4.78 is 0. The van der Waals surface area contributed by atoms with Crippen LogP contribution < -0.4 is 0 Å². The van der Waals surface area contributed by atoms with Gasteiger partial charge >= 0.3 is 0 Å². The van der Waals surface area contributed by atoms with Gasteiger partial charge < -0.3 is 10.2 Å². The van der Waals surface area contributed by atoms with Gasteiger partial charge in [0.25, 0.3) is 0 Å². The molecule has 0 aromatic heterocycles. The Morgan fingerprint density at radius 3 is 1.22 bits per heavy atom. The van der Waals surface area contributed by atoms with E-state index in [1.807, 2.05) is 60.7 Å². The Kier molecular flexibility index (Phi) is 5.24. The maximum atomic E-state index is 14.2. The zero-order valence-corrected chi connectivity index (χ0v) is 19.8. The van der Waals surface area contributed by atoms with Crippen LogP contribution in [-0.2, 0) is 5.41 Å². The lowest BCUT2D eigenvalue weighted by molar-refractivity contribution is 0.0829. The molecule has 4 nitrogen and oxygen atoms in total. The maximum Gasteiger partial charge on any atom is 0.186 e. The van der Waals surface area contributed by atoms with Crippen molar-refractivity contribution in [1.82, 2.24) is 0 Å². The maximum absolute atomic E-state index is 14.2. The van der Waals surface area contributed by atoms with Crippen molar-refractivity contribution >= 4 is 11.6 Å². The van der Waals surface area contributed by atoms with Crippen molar-refractivity contribution in [3.05, 3.63) is 144 Å². The first-order chi connectivity index (χ1) is 18.0. The fraction of sp³-hybridized carbons (Fsp3) is 0.0303. The molecule has 0 radical (unpaired) electrons. The molecule has 0 heterocycles. The van der Waals surface area contributed by atoms with E-state index in [-0.39, 0.29) is 23.1 Å². The minimum absolute atomic E-state index is 0.0520. The van der Waals surface area contributed by atoms with Crippen LogP contribution in [0.4, 0.5) is 0 Å². The van der Waals surface area contributed by atoms with Crippen molar-refractivity contribution in [3.63, 3.8) is 0 Å². The average Bonchev–Trinajstić information content (AvgIpc) is 3.17. The molecule has 0 amide bonds. The first-order valence-electron chi connectivity index (χ1n) is 12.0. The molecular weight excluding hydrogens is 460 g/mol. The molecule has 2 N–H and O–H groups in total.